The summed E-state index contributed by atoms with van der Waals surface area (Å²) in [4.78, 5) is 25.8. The third-order valence-electron chi connectivity index (χ3n) is 2.57. The van der Waals surface area contributed by atoms with Gasteiger partial charge in [0.15, 0.2) is 0 Å². The van der Waals surface area contributed by atoms with Gasteiger partial charge in [0.2, 0.25) is 5.91 Å². The van der Waals surface area contributed by atoms with Gasteiger partial charge in [0.25, 0.3) is 0 Å². The van der Waals surface area contributed by atoms with Crippen molar-refractivity contribution in [1.29, 1.82) is 0 Å². The Bertz CT molecular complexity index is 249. The minimum absolute atomic E-state index is 0.112. The predicted molar refractivity (Wildman–Crippen MR) is 54.3 cm³/mol. The van der Waals surface area contributed by atoms with E-state index in [1.165, 1.54) is 0 Å². The lowest BCUT2D eigenvalue weighted by molar-refractivity contribution is -0.143. The van der Waals surface area contributed by atoms with Crippen LogP contribution in [-0.4, -0.2) is 66.1 Å². The van der Waals surface area contributed by atoms with Crippen LogP contribution in [-0.2, 0) is 9.59 Å². The van der Waals surface area contributed by atoms with Gasteiger partial charge < -0.3 is 20.6 Å². The first-order valence-corrected chi connectivity index (χ1v) is 4.95. The Kier molecular flexibility index (Phi) is 4.05. The lowest BCUT2D eigenvalue weighted by Gasteiger charge is -2.32. The minimum Gasteiger partial charge on any atom is -0.480 e. The smallest absolute Gasteiger partial charge is 0.321 e. The van der Waals surface area contributed by atoms with E-state index in [0.29, 0.717) is 13.1 Å². The molecule has 86 valence electrons. The summed E-state index contributed by atoms with van der Waals surface area (Å²) in [6.45, 7) is 2.96. The number of carboxylic acids is 1. The second kappa shape index (κ2) is 5.09. The fourth-order valence-electron chi connectivity index (χ4n) is 1.46. The fourth-order valence-corrected chi connectivity index (χ4v) is 1.46. The van der Waals surface area contributed by atoms with Crippen LogP contribution in [0.3, 0.4) is 0 Å². The van der Waals surface area contributed by atoms with E-state index < -0.39 is 12.0 Å². The van der Waals surface area contributed by atoms with E-state index in [0.717, 1.165) is 13.1 Å². The molecule has 1 unspecified atom stereocenters. The Morgan fingerprint density at radius 3 is 2.33 bits per heavy atom. The van der Waals surface area contributed by atoms with Gasteiger partial charge in [-0.3, -0.25) is 9.59 Å². The molecule has 0 aromatic rings. The zero-order chi connectivity index (χ0) is 11.4. The van der Waals surface area contributed by atoms with Gasteiger partial charge in [0.1, 0.15) is 6.04 Å². The molecule has 1 saturated heterocycles. The summed E-state index contributed by atoms with van der Waals surface area (Å²) in [6.07, 6.45) is -0.112. The third-order valence-corrected chi connectivity index (χ3v) is 2.57. The molecule has 1 fully saturated rings. The second-order valence-corrected chi connectivity index (χ2v) is 3.83. The molecule has 6 heteroatoms. The van der Waals surface area contributed by atoms with E-state index in [1.54, 1.807) is 4.90 Å². The molecule has 15 heavy (non-hydrogen) atoms. The van der Waals surface area contributed by atoms with Crippen molar-refractivity contribution in [3.63, 3.8) is 0 Å². The molecular formula is C9H17N3O3. The molecule has 1 aliphatic heterocycles. The molecule has 1 rings (SSSR count). The van der Waals surface area contributed by atoms with Gasteiger partial charge in [-0.2, -0.15) is 0 Å². The van der Waals surface area contributed by atoms with Crippen molar-refractivity contribution >= 4 is 11.9 Å². The number of carbonyl (C=O) groups excluding carboxylic acids is 1. The highest BCUT2D eigenvalue weighted by Gasteiger charge is 2.23. The molecule has 0 aromatic carbocycles. The number of nitrogens with two attached hydrogens (primary N) is 1. The first-order valence-electron chi connectivity index (χ1n) is 4.95. The zero-order valence-electron chi connectivity index (χ0n) is 8.85. The van der Waals surface area contributed by atoms with Crippen LogP contribution in [0.15, 0.2) is 0 Å². The molecule has 6 nitrogen and oxygen atoms in total. The van der Waals surface area contributed by atoms with Crippen molar-refractivity contribution in [3.8, 4) is 0 Å². The summed E-state index contributed by atoms with van der Waals surface area (Å²) >= 11 is 0. The van der Waals surface area contributed by atoms with E-state index in [1.807, 2.05) is 7.05 Å². The Morgan fingerprint density at radius 2 is 1.87 bits per heavy atom. The number of amides is 1. The van der Waals surface area contributed by atoms with Crippen LogP contribution in [0, 0.1) is 0 Å². The molecule has 0 aliphatic carbocycles. The van der Waals surface area contributed by atoms with Crippen molar-refractivity contribution in [2.24, 2.45) is 5.73 Å². The topological polar surface area (TPSA) is 86.9 Å². The highest BCUT2D eigenvalue weighted by molar-refractivity contribution is 5.84. The van der Waals surface area contributed by atoms with E-state index in [-0.39, 0.29) is 12.3 Å². The summed E-state index contributed by atoms with van der Waals surface area (Å²) in [5.41, 5.74) is 5.29. The lowest BCUT2D eigenvalue weighted by atomic mass is 10.2. The number of aliphatic carboxylic acids is 1. The van der Waals surface area contributed by atoms with E-state index in [9.17, 15) is 9.59 Å². The summed E-state index contributed by atoms with van der Waals surface area (Å²) in [5, 5.41) is 8.57. The SMILES string of the molecule is CN1CCN(C(=O)CC(N)C(=O)O)CC1. The molecule has 1 heterocycles. The van der Waals surface area contributed by atoms with Crippen LogP contribution < -0.4 is 5.73 Å². The molecule has 0 aromatic heterocycles. The molecule has 1 atom stereocenters. The Hall–Kier alpha value is -1.14. The standard InChI is InChI=1S/C9H17N3O3/c1-11-2-4-12(5-3-11)8(13)6-7(10)9(14)15/h7H,2-6,10H2,1H3,(H,14,15). The molecular weight excluding hydrogens is 198 g/mol. The molecule has 0 spiro atoms. The summed E-state index contributed by atoms with van der Waals surface area (Å²) in [5.74, 6) is -1.30. The number of carbonyl (C=O) groups is 2. The van der Waals surface area contributed by atoms with Crippen LogP contribution in [0.5, 0.6) is 0 Å². The second-order valence-electron chi connectivity index (χ2n) is 3.83. The van der Waals surface area contributed by atoms with Gasteiger partial charge in [-0.15, -0.1) is 0 Å². The van der Waals surface area contributed by atoms with Gasteiger partial charge in [-0.05, 0) is 7.05 Å². The molecule has 3 N–H and O–H groups in total. The first kappa shape index (κ1) is 11.9. The number of piperazine rings is 1. The largest absolute Gasteiger partial charge is 0.480 e. The molecule has 0 radical (unpaired) electrons. The maximum atomic E-state index is 11.6. The van der Waals surface area contributed by atoms with Crippen molar-refractivity contribution < 1.29 is 14.7 Å². The lowest BCUT2D eigenvalue weighted by Crippen LogP contribution is -2.49. The summed E-state index contributed by atoms with van der Waals surface area (Å²) < 4.78 is 0. The number of carboxylic acid groups (broad SMARTS) is 1. The third kappa shape index (κ3) is 3.49. The summed E-state index contributed by atoms with van der Waals surface area (Å²) in [6, 6.07) is -1.09. The molecule has 0 bridgehead atoms. The van der Waals surface area contributed by atoms with Crippen molar-refractivity contribution in [2.45, 2.75) is 12.5 Å². The maximum Gasteiger partial charge on any atom is 0.321 e. The van der Waals surface area contributed by atoms with E-state index >= 15 is 0 Å². The van der Waals surface area contributed by atoms with Crippen LogP contribution >= 0.6 is 0 Å². The monoisotopic (exact) mass is 215 g/mol. The average molecular weight is 215 g/mol. The normalized spacial score (nSPS) is 20.0. The van der Waals surface area contributed by atoms with Gasteiger partial charge in [0, 0.05) is 26.2 Å². The number of rotatable bonds is 3. The first-order chi connectivity index (χ1) is 7.00. The summed E-state index contributed by atoms with van der Waals surface area (Å²) in [7, 11) is 1.99. The number of likely N-dealkylation sites (N-methyl/N-ethyl adjacent to an activating group) is 1. The maximum absolute atomic E-state index is 11.6. The molecule has 1 amide bonds. The van der Waals surface area contributed by atoms with Crippen LogP contribution in [0.4, 0.5) is 0 Å². The Balaban J connectivity index is 2.37. The van der Waals surface area contributed by atoms with Crippen LogP contribution in [0.25, 0.3) is 0 Å². The highest BCUT2D eigenvalue weighted by Crippen LogP contribution is 2.03. The van der Waals surface area contributed by atoms with E-state index in [2.05, 4.69) is 4.90 Å². The van der Waals surface area contributed by atoms with Gasteiger partial charge in [0.05, 0.1) is 6.42 Å². The average Bonchev–Trinajstić information content (AvgIpc) is 2.18. The number of nitrogens with zero attached hydrogens (tertiary/aromatic N) is 2. The quantitative estimate of drug-likeness (QED) is 0.602. The van der Waals surface area contributed by atoms with Crippen molar-refractivity contribution in [2.75, 3.05) is 33.2 Å². The molecule has 0 saturated carbocycles. The minimum atomic E-state index is -1.13. The van der Waals surface area contributed by atoms with Gasteiger partial charge in [-0.1, -0.05) is 0 Å². The van der Waals surface area contributed by atoms with Crippen molar-refractivity contribution in [1.82, 2.24) is 9.80 Å². The molecule has 1 aliphatic rings. The Morgan fingerprint density at radius 1 is 1.33 bits per heavy atom. The van der Waals surface area contributed by atoms with Crippen LogP contribution in [0.1, 0.15) is 6.42 Å². The fraction of sp³-hybridized carbons (Fsp3) is 0.778. The number of hydrogen-bond donors (Lipinski definition) is 2. The Labute approximate surface area is 88.6 Å². The number of hydrogen-bond acceptors (Lipinski definition) is 4. The van der Waals surface area contributed by atoms with Crippen molar-refractivity contribution in [3.05, 3.63) is 0 Å². The zero-order valence-corrected chi connectivity index (χ0v) is 8.85. The van der Waals surface area contributed by atoms with Gasteiger partial charge in [-0.25, -0.2) is 0 Å². The van der Waals surface area contributed by atoms with Gasteiger partial charge >= 0.3 is 5.97 Å². The van der Waals surface area contributed by atoms with E-state index in [4.69, 9.17) is 10.8 Å². The highest BCUT2D eigenvalue weighted by atomic mass is 16.4. The predicted octanol–water partition coefficient (Wildman–Crippen LogP) is -1.44. The van der Waals surface area contributed by atoms with Crippen LogP contribution in [0.2, 0.25) is 0 Å².